The standard InChI is InChI=1S/C43H29N3/c1-3-13-32-31(4-2)33-19-11-18-27-22-25-38-41(39(27)33)40-34(32)20-12-21-37(40)46(38)30-23-24-36-35(26-30)42(28-14-7-5-8-15-28)45-43(44-36)29-16-9-6-10-17-29/h3-26H,1H2,2H3/b31-4+,32-13?. The molecule has 0 saturated heterocycles. The fourth-order valence-electron chi connectivity index (χ4n) is 7.34. The second kappa shape index (κ2) is 10.3. The maximum Gasteiger partial charge on any atom is 0.160 e. The summed E-state index contributed by atoms with van der Waals surface area (Å²) in [5.74, 6) is 0.726. The lowest BCUT2D eigenvalue weighted by Crippen LogP contribution is -1.99. The predicted octanol–water partition coefficient (Wildman–Crippen LogP) is 11.2. The molecule has 0 N–H and O–H groups in total. The minimum absolute atomic E-state index is 0.726. The zero-order chi connectivity index (χ0) is 30.8. The summed E-state index contributed by atoms with van der Waals surface area (Å²) in [5, 5.41) is 6.10. The molecular weight excluding hydrogens is 558 g/mol. The number of benzene rings is 6. The molecule has 6 aromatic carbocycles. The monoisotopic (exact) mass is 587 g/mol. The van der Waals surface area contributed by atoms with Gasteiger partial charge < -0.3 is 4.57 Å². The highest BCUT2D eigenvalue weighted by molar-refractivity contribution is 6.31. The van der Waals surface area contributed by atoms with Crippen molar-refractivity contribution in [3.63, 3.8) is 0 Å². The van der Waals surface area contributed by atoms with Gasteiger partial charge in [-0.05, 0) is 70.3 Å². The summed E-state index contributed by atoms with van der Waals surface area (Å²) in [5.41, 5.74) is 12.2. The van der Waals surface area contributed by atoms with E-state index in [1.54, 1.807) is 0 Å². The highest BCUT2D eigenvalue weighted by Gasteiger charge is 2.26. The highest BCUT2D eigenvalue weighted by atomic mass is 15.0. The fraction of sp³-hybridized carbons (Fsp3) is 0.0233. The van der Waals surface area contributed by atoms with E-state index in [0.717, 1.165) is 39.2 Å². The molecule has 0 bridgehead atoms. The van der Waals surface area contributed by atoms with Crippen molar-refractivity contribution in [1.82, 2.24) is 14.5 Å². The molecule has 1 aliphatic rings. The third-order valence-electron chi connectivity index (χ3n) is 9.26. The summed E-state index contributed by atoms with van der Waals surface area (Å²) >= 11 is 0. The van der Waals surface area contributed by atoms with Crippen LogP contribution in [0.3, 0.4) is 0 Å². The summed E-state index contributed by atoms with van der Waals surface area (Å²) in [6, 6.07) is 45.1. The van der Waals surface area contributed by atoms with Gasteiger partial charge in [-0.15, -0.1) is 0 Å². The minimum Gasteiger partial charge on any atom is -0.309 e. The lowest BCUT2D eigenvalue weighted by molar-refractivity contribution is 1.18. The zero-order valence-electron chi connectivity index (χ0n) is 25.4. The van der Waals surface area contributed by atoms with Gasteiger partial charge in [0.05, 0.1) is 22.2 Å². The van der Waals surface area contributed by atoms with E-state index in [9.17, 15) is 0 Å². The first-order valence-electron chi connectivity index (χ1n) is 15.7. The van der Waals surface area contributed by atoms with E-state index in [2.05, 4.69) is 133 Å². The molecule has 3 heteroatoms. The summed E-state index contributed by atoms with van der Waals surface area (Å²) < 4.78 is 2.41. The Bertz CT molecular complexity index is 2590. The molecule has 0 amide bonds. The molecule has 0 atom stereocenters. The van der Waals surface area contributed by atoms with Gasteiger partial charge in [0.15, 0.2) is 5.82 Å². The molecule has 0 saturated carbocycles. The molecule has 1 aliphatic carbocycles. The van der Waals surface area contributed by atoms with Crippen molar-refractivity contribution in [1.29, 1.82) is 0 Å². The number of allylic oxidation sites excluding steroid dienone is 5. The SMILES string of the molecule is C=CC=C1/C(=C\C)c2cccc3ccc4c(c23)c2c1cccc2n4-c1ccc2nc(-c3ccccc3)nc(-c3ccccc3)c2c1. The van der Waals surface area contributed by atoms with Crippen molar-refractivity contribution in [2.24, 2.45) is 0 Å². The summed E-state index contributed by atoms with van der Waals surface area (Å²) in [6.07, 6.45) is 6.29. The van der Waals surface area contributed by atoms with Gasteiger partial charge in [-0.25, -0.2) is 9.97 Å². The van der Waals surface area contributed by atoms with Gasteiger partial charge in [0.1, 0.15) is 0 Å². The third-order valence-corrected chi connectivity index (χ3v) is 9.26. The molecule has 8 aromatic rings. The van der Waals surface area contributed by atoms with Crippen molar-refractivity contribution in [2.45, 2.75) is 6.92 Å². The van der Waals surface area contributed by atoms with Crippen LogP contribution in [0.1, 0.15) is 18.1 Å². The van der Waals surface area contributed by atoms with Crippen LogP contribution >= 0.6 is 0 Å². The predicted molar refractivity (Wildman–Crippen MR) is 194 cm³/mol. The van der Waals surface area contributed by atoms with Crippen molar-refractivity contribution in [3.8, 4) is 28.3 Å². The first-order chi connectivity index (χ1) is 22.7. The van der Waals surface area contributed by atoms with E-state index >= 15 is 0 Å². The molecule has 0 aliphatic heterocycles. The van der Waals surface area contributed by atoms with Gasteiger partial charge in [0, 0.05) is 33.0 Å². The van der Waals surface area contributed by atoms with Crippen LogP contribution < -0.4 is 0 Å². The van der Waals surface area contributed by atoms with Crippen molar-refractivity contribution in [2.75, 3.05) is 0 Å². The lowest BCUT2D eigenvalue weighted by Gasteiger charge is -2.16. The number of aromatic nitrogens is 3. The van der Waals surface area contributed by atoms with Crippen LogP contribution in [0.25, 0.3) is 83.0 Å². The highest BCUT2D eigenvalue weighted by Crippen LogP contribution is 2.48. The Labute approximate surface area is 267 Å². The molecule has 3 nitrogen and oxygen atoms in total. The van der Waals surface area contributed by atoms with Gasteiger partial charge in [0.2, 0.25) is 0 Å². The van der Waals surface area contributed by atoms with Gasteiger partial charge in [0.25, 0.3) is 0 Å². The maximum atomic E-state index is 5.17. The van der Waals surface area contributed by atoms with E-state index in [1.807, 2.05) is 30.3 Å². The Morgan fingerprint density at radius 3 is 2.09 bits per heavy atom. The molecule has 2 aromatic heterocycles. The lowest BCUT2D eigenvalue weighted by atomic mass is 9.91. The molecule has 46 heavy (non-hydrogen) atoms. The smallest absolute Gasteiger partial charge is 0.160 e. The normalized spacial score (nSPS) is 14.4. The fourth-order valence-corrected chi connectivity index (χ4v) is 7.34. The van der Waals surface area contributed by atoms with Crippen molar-refractivity contribution in [3.05, 3.63) is 163 Å². The van der Waals surface area contributed by atoms with Crippen molar-refractivity contribution < 1.29 is 0 Å². The van der Waals surface area contributed by atoms with Crippen LogP contribution in [0.5, 0.6) is 0 Å². The van der Waals surface area contributed by atoms with Gasteiger partial charge >= 0.3 is 0 Å². The minimum atomic E-state index is 0.726. The number of hydrogen-bond donors (Lipinski definition) is 0. The molecule has 0 fully saturated rings. The Hall–Kier alpha value is -6.06. The van der Waals surface area contributed by atoms with E-state index in [1.165, 1.54) is 54.9 Å². The van der Waals surface area contributed by atoms with Gasteiger partial charge in [-0.2, -0.15) is 0 Å². The first-order valence-corrected chi connectivity index (χ1v) is 15.7. The van der Waals surface area contributed by atoms with E-state index in [0.29, 0.717) is 0 Å². The topological polar surface area (TPSA) is 30.7 Å². The third kappa shape index (κ3) is 3.79. The second-order valence-electron chi connectivity index (χ2n) is 11.7. The maximum absolute atomic E-state index is 5.17. The number of fused-ring (bicyclic) bond motifs is 1. The molecular formula is C43H29N3. The Morgan fingerprint density at radius 1 is 0.609 bits per heavy atom. The zero-order valence-corrected chi connectivity index (χ0v) is 25.4. The second-order valence-corrected chi connectivity index (χ2v) is 11.7. The van der Waals surface area contributed by atoms with Crippen molar-refractivity contribution >= 4 is 54.6 Å². The Morgan fingerprint density at radius 2 is 1.33 bits per heavy atom. The Balaban J connectivity index is 1.40. The number of hydrogen-bond acceptors (Lipinski definition) is 2. The molecule has 0 unspecified atom stereocenters. The molecule has 0 spiro atoms. The summed E-state index contributed by atoms with van der Waals surface area (Å²) in [7, 11) is 0. The summed E-state index contributed by atoms with van der Waals surface area (Å²) in [4.78, 5) is 10.2. The molecule has 216 valence electrons. The average molecular weight is 588 g/mol. The van der Waals surface area contributed by atoms with Crippen LogP contribution in [-0.2, 0) is 0 Å². The van der Waals surface area contributed by atoms with Crippen LogP contribution in [0.15, 0.2) is 152 Å². The van der Waals surface area contributed by atoms with Gasteiger partial charge in [-0.3, -0.25) is 0 Å². The molecule has 2 heterocycles. The summed E-state index contributed by atoms with van der Waals surface area (Å²) in [6.45, 7) is 6.22. The van der Waals surface area contributed by atoms with Crippen LogP contribution in [0.2, 0.25) is 0 Å². The van der Waals surface area contributed by atoms with E-state index in [4.69, 9.17) is 9.97 Å². The van der Waals surface area contributed by atoms with Gasteiger partial charge in [-0.1, -0.05) is 122 Å². The quantitative estimate of drug-likeness (QED) is 0.205. The van der Waals surface area contributed by atoms with Crippen LogP contribution in [-0.4, -0.2) is 14.5 Å². The molecule has 9 rings (SSSR count). The average Bonchev–Trinajstić information content (AvgIpc) is 3.40. The van der Waals surface area contributed by atoms with Crippen LogP contribution in [0, 0.1) is 0 Å². The van der Waals surface area contributed by atoms with E-state index in [-0.39, 0.29) is 0 Å². The first kappa shape index (κ1) is 26.4. The Kier molecular flexibility index (Phi) is 5.87. The van der Waals surface area contributed by atoms with E-state index < -0.39 is 0 Å². The number of nitrogens with zero attached hydrogens (tertiary/aromatic N) is 3. The molecule has 0 radical (unpaired) electrons. The number of rotatable bonds is 4. The van der Waals surface area contributed by atoms with Crippen LogP contribution in [0.4, 0.5) is 0 Å². The largest absolute Gasteiger partial charge is 0.309 e.